The topological polar surface area (TPSA) is 85.5 Å². The number of carbonyl (C=O) groups excluding carboxylic acids is 2. The number of anilines is 1. The first-order valence-electron chi connectivity index (χ1n) is 10.2. The number of aromatic nitrogens is 2. The normalized spacial score (nSPS) is 11.2. The van der Waals surface area contributed by atoms with E-state index in [1.807, 2.05) is 25.1 Å². The molecule has 0 aliphatic rings. The van der Waals surface area contributed by atoms with Gasteiger partial charge in [0.1, 0.15) is 11.3 Å². The number of rotatable bonds is 5. The number of carbonyl (C=O) groups is 2. The summed E-state index contributed by atoms with van der Waals surface area (Å²) in [6.45, 7) is 7.11. The lowest BCUT2D eigenvalue weighted by atomic mass is 10.2. The summed E-state index contributed by atoms with van der Waals surface area (Å²) < 4.78 is 10.2. The van der Waals surface area contributed by atoms with Crippen molar-refractivity contribution in [2.24, 2.45) is 0 Å². The molecule has 11 heteroatoms. The minimum absolute atomic E-state index is 0.391. The lowest BCUT2D eigenvalue weighted by Gasteiger charge is -2.21. The number of hydrogen-bond acceptors (Lipinski definition) is 6. The summed E-state index contributed by atoms with van der Waals surface area (Å²) in [5.41, 5.74) is 1.13. The van der Waals surface area contributed by atoms with Crippen LogP contribution in [-0.2, 0) is 14.3 Å². The van der Waals surface area contributed by atoms with E-state index in [4.69, 9.17) is 55.7 Å². The van der Waals surface area contributed by atoms with Gasteiger partial charge in [0.05, 0.1) is 11.9 Å². The molecule has 0 aliphatic heterocycles. The summed E-state index contributed by atoms with van der Waals surface area (Å²) >= 11 is 22.9. The first-order chi connectivity index (χ1) is 16.4. The summed E-state index contributed by atoms with van der Waals surface area (Å²) in [5, 5.41) is 5.07. The average Bonchev–Trinajstić information content (AvgIpc) is 3.32. The molecule has 186 valence electrons. The molecule has 0 spiro atoms. The second-order valence-corrected chi connectivity index (χ2v) is 9.89. The Kier molecular flexibility index (Phi) is 10.6. The van der Waals surface area contributed by atoms with Gasteiger partial charge in [-0.2, -0.15) is 0 Å². The van der Waals surface area contributed by atoms with E-state index in [2.05, 4.69) is 10.1 Å². The number of hydrogen-bond donors (Lipinski definition) is 0. The van der Waals surface area contributed by atoms with Gasteiger partial charge in [0.15, 0.2) is 10.6 Å². The highest BCUT2D eigenvalue weighted by atomic mass is 35.5. The van der Waals surface area contributed by atoms with Crippen LogP contribution in [0.5, 0.6) is 0 Å². The first-order valence-corrected chi connectivity index (χ1v) is 11.8. The Labute approximate surface area is 223 Å². The van der Waals surface area contributed by atoms with Gasteiger partial charge in [-0.3, -0.25) is 14.7 Å². The van der Waals surface area contributed by atoms with Crippen molar-refractivity contribution in [3.05, 3.63) is 76.7 Å². The molecule has 0 radical (unpaired) electrons. The van der Waals surface area contributed by atoms with Crippen molar-refractivity contribution in [3.8, 4) is 11.5 Å². The molecule has 1 aromatic carbocycles. The molecule has 2 heterocycles. The molecule has 0 saturated carbocycles. The van der Waals surface area contributed by atoms with Crippen LogP contribution in [0.1, 0.15) is 26.3 Å². The Morgan fingerprint density at radius 3 is 2.26 bits per heavy atom. The lowest BCUT2D eigenvalue weighted by molar-refractivity contribution is -0.148. The summed E-state index contributed by atoms with van der Waals surface area (Å²) in [4.78, 5) is 28.2. The van der Waals surface area contributed by atoms with Crippen molar-refractivity contribution in [2.75, 3.05) is 4.90 Å². The molecule has 7 nitrogen and oxygen atoms in total. The number of ether oxygens (including phenoxy) is 1. The molecule has 0 bridgehead atoms. The number of alkyl halides is 2. The summed E-state index contributed by atoms with van der Waals surface area (Å²) in [7, 11) is 0. The number of pyridine rings is 1. The highest BCUT2D eigenvalue weighted by Gasteiger charge is 2.22. The molecule has 0 unspecified atom stereocenters. The van der Waals surface area contributed by atoms with Gasteiger partial charge in [-0.25, -0.2) is 4.79 Å². The van der Waals surface area contributed by atoms with Crippen LogP contribution in [-0.4, -0.2) is 32.5 Å². The van der Waals surface area contributed by atoms with E-state index < -0.39 is 22.3 Å². The number of amides is 1. The Morgan fingerprint density at radius 2 is 1.74 bits per heavy atom. The highest BCUT2D eigenvalue weighted by molar-refractivity contribution is 6.54. The zero-order valence-electron chi connectivity index (χ0n) is 19.3. The molecule has 35 heavy (non-hydrogen) atoms. The van der Waals surface area contributed by atoms with E-state index in [1.165, 1.54) is 18.6 Å². The van der Waals surface area contributed by atoms with Gasteiger partial charge in [-0.05, 0) is 57.5 Å². The van der Waals surface area contributed by atoms with E-state index in [-0.39, 0.29) is 0 Å². The largest absolute Gasteiger partial charge is 0.457 e. The average molecular weight is 559 g/mol. The molecule has 0 N–H and O–H groups in total. The van der Waals surface area contributed by atoms with Crippen LogP contribution in [0.2, 0.25) is 10.0 Å². The number of benzene rings is 1. The Balaban J connectivity index is 0.000000402. The van der Waals surface area contributed by atoms with Crippen LogP contribution in [0, 0.1) is 6.92 Å². The summed E-state index contributed by atoms with van der Waals surface area (Å²) in [6.07, 6.45) is 5.32. The molecule has 0 aliphatic carbocycles. The van der Waals surface area contributed by atoms with Gasteiger partial charge in [-0.15, -0.1) is 0 Å². The van der Waals surface area contributed by atoms with Gasteiger partial charge in [0.2, 0.25) is 0 Å². The molecular formula is C24H23Cl4N3O4. The van der Waals surface area contributed by atoms with E-state index in [9.17, 15) is 9.59 Å². The van der Waals surface area contributed by atoms with Gasteiger partial charge in [-0.1, -0.05) is 57.6 Å². The zero-order valence-corrected chi connectivity index (χ0v) is 22.4. The van der Waals surface area contributed by atoms with Crippen LogP contribution >= 0.6 is 46.4 Å². The van der Waals surface area contributed by atoms with Gasteiger partial charge >= 0.3 is 5.97 Å². The molecule has 0 saturated heterocycles. The Bertz CT molecular complexity index is 1160. The SMILES string of the molecule is CC(C)(C)OC(=O)/C=C/N(C(=O)C(Cl)Cl)c1ccnc(-c2ccno2)c1.Cc1c(Cl)cccc1Cl. The van der Waals surface area contributed by atoms with Crippen molar-refractivity contribution >= 4 is 64.0 Å². The lowest BCUT2D eigenvalue weighted by Crippen LogP contribution is -2.31. The van der Waals surface area contributed by atoms with Crippen LogP contribution < -0.4 is 4.90 Å². The maximum Gasteiger partial charge on any atom is 0.332 e. The van der Waals surface area contributed by atoms with E-state index in [0.29, 0.717) is 17.1 Å². The maximum absolute atomic E-state index is 12.3. The quantitative estimate of drug-likeness (QED) is 0.190. The standard InChI is InChI=1S/C17H17Cl2N3O4.C7H6Cl2/c1-17(2,3)25-14(23)6-9-22(16(24)15(18)19)11-4-7-20-12(10-11)13-5-8-21-26-13;1-5-6(8)3-2-4-7(5)9/h4-10,15H,1-3H3;2-4H,1H3/b9-6+;. The molecule has 0 fully saturated rings. The van der Waals surface area contributed by atoms with Gasteiger partial charge in [0.25, 0.3) is 5.91 Å². The fraction of sp³-hybridized carbons (Fsp3) is 0.250. The van der Waals surface area contributed by atoms with Gasteiger partial charge < -0.3 is 9.26 Å². The Morgan fingerprint density at radius 1 is 1.09 bits per heavy atom. The second-order valence-electron chi connectivity index (χ2n) is 7.98. The molecule has 0 atom stereocenters. The zero-order chi connectivity index (χ0) is 26.2. The predicted octanol–water partition coefficient (Wildman–Crippen LogP) is 7.03. The minimum atomic E-state index is -1.32. The molecule has 1 amide bonds. The van der Waals surface area contributed by atoms with Crippen molar-refractivity contribution in [1.82, 2.24) is 10.1 Å². The van der Waals surface area contributed by atoms with Crippen molar-refractivity contribution in [2.45, 2.75) is 38.1 Å². The van der Waals surface area contributed by atoms with Crippen LogP contribution in [0.15, 0.2) is 65.6 Å². The highest BCUT2D eigenvalue weighted by Crippen LogP contribution is 2.25. The monoisotopic (exact) mass is 557 g/mol. The fourth-order valence-electron chi connectivity index (χ4n) is 2.50. The van der Waals surface area contributed by atoms with Crippen LogP contribution in [0.4, 0.5) is 5.69 Å². The Hall–Kier alpha value is -2.58. The van der Waals surface area contributed by atoms with E-state index in [1.54, 1.807) is 39.0 Å². The predicted molar refractivity (Wildman–Crippen MR) is 139 cm³/mol. The smallest absolute Gasteiger partial charge is 0.332 e. The molecule has 3 rings (SSSR count). The number of nitrogens with zero attached hydrogens (tertiary/aromatic N) is 3. The van der Waals surface area contributed by atoms with Crippen molar-refractivity contribution < 1.29 is 18.8 Å². The van der Waals surface area contributed by atoms with E-state index in [0.717, 1.165) is 26.6 Å². The maximum atomic E-state index is 12.3. The van der Waals surface area contributed by atoms with Crippen LogP contribution in [0.3, 0.4) is 0 Å². The third-order valence-electron chi connectivity index (χ3n) is 4.10. The van der Waals surface area contributed by atoms with Gasteiger partial charge in [0, 0.05) is 34.6 Å². The van der Waals surface area contributed by atoms with E-state index >= 15 is 0 Å². The molecule has 3 aromatic rings. The third-order valence-corrected chi connectivity index (χ3v) is 5.30. The number of halogens is 4. The van der Waals surface area contributed by atoms with Crippen molar-refractivity contribution in [1.29, 1.82) is 0 Å². The number of esters is 1. The summed E-state index contributed by atoms with van der Waals surface area (Å²) in [6, 6.07) is 10.2. The van der Waals surface area contributed by atoms with Crippen molar-refractivity contribution in [3.63, 3.8) is 0 Å². The summed E-state index contributed by atoms with van der Waals surface area (Å²) in [5.74, 6) is -0.827. The molecular weight excluding hydrogens is 536 g/mol. The molecule has 2 aromatic heterocycles. The second kappa shape index (κ2) is 12.9. The first kappa shape index (κ1) is 28.7. The minimum Gasteiger partial charge on any atom is -0.457 e. The fourth-order valence-corrected chi connectivity index (χ4v) is 3.10. The van der Waals surface area contributed by atoms with Crippen LogP contribution in [0.25, 0.3) is 11.5 Å². The third kappa shape index (κ3) is 9.18.